The Hall–Kier alpha value is -1.24. The maximum absolute atomic E-state index is 13.0. The van der Waals surface area contributed by atoms with Crippen molar-refractivity contribution in [3.63, 3.8) is 0 Å². The second-order valence-corrected chi connectivity index (χ2v) is 9.74. The van der Waals surface area contributed by atoms with Gasteiger partial charge in [0, 0.05) is 17.5 Å². The van der Waals surface area contributed by atoms with Gasteiger partial charge in [0.25, 0.3) is 0 Å². The van der Waals surface area contributed by atoms with Gasteiger partial charge < -0.3 is 9.64 Å². The number of hydrogen-bond donors (Lipinski definition) is 0. The number of nitrogens with zero attached hydrogens (tertiary/aromatic N) is 1. The van der Waals surface area contributed by atoms with Gasteiger partial charge in [-0.15, -0.1) is 0 Å². The lowest BCUT2D eigenvalue weighted by Crippen LogP contribution is -2.48. The molecule has 0 saturated heterocycles. The molecule has 24 heavy (non-hydrogen) atoms. The third kappa shape index (κ3) is 2.70. The number of carbonyl (C=O) groups is 1. The molecule has 3 nitrogen and oxygen atoms in total. The van der Waals surface area contributed by atoms with E-state index in [0.717, 1.165) is 31.3 Å². The van der Waals surface area contributed by atoms with E-state index in [1.54, 1.807) is 27.8 Å². The highest BCUT2D eigenvalue weighted by atomic mass is 32.9. The van der Waals surface area contributed by atoms with Crippen molar-refractivity contribution in [2.75, 3.05) is 12.0 Å². The van der Waals surface area contributed by atoms with Gasteiger partial charge in [-0.1, -0.05) is 46.7 Å². The Morgan fingerprint density at radius 3 is 2.67 bits per heavy atom. The highest BCUT2D eigenvalue weighted by Gasteiger charge is 2.42. The van der Waals surface area contributed by atoms with Crippen molar-refractivity contribution in [2.24, 2.45) is 5.92 Å². The Labute approximate surface area is 155 Å². The van der Waals surface area contributed by atoms with Crippen molar-refractivity contribution >= 4 is 44.5 Å². The first-order chi connectivity index (χ1) is 11.3. The van der Waals surface area contributed by atoms with Crippen LogP contribution in [0.15, 0.2) is 18.2 Å². The van der Waals surface area contributed by atoms with E-state index in [1.165, 1.54) is 0 Å². The second kappa shape index (κ2) is 6.24. The number of carbonyl (C=O) groups excluding carboxylic acids is 1. The quantitative estimate of drug-likeness (QED) is 0.495. The maximum atomic E-state index is 13.0. The fraction of sp³-hybridized carbons (Fsp3) is 0.444. The van der Waals surface area contributed by atoms with Gasteiger partial charge >= 0.3 is 0 Å². The minimum atomic E-state index is -0.402. The molecule has 2 aromatic rings. The van der Waals surface area contributed by atoms with Crippen molar-refractivity contribution < 1.29 is 9.53 Å². The first-order valence-electron chi connectivity index (χ1n) is 7.92. The molecule has 0 N–H and O–H groups in total. The van der Waals surface area contributed by atoms with Crippen LogP contribution in [0.1, 0.15) is 39.0 Å². The molecule has 0 aliphatic carbocycles. The molecule has 1 aliphatic rings. The number of rotatable bonds is 3. The number of methoxy groups -OCH3 is 1. The van der Waals surface area contributed by atoms with E-state index in [4.69, 9.17) is 17.0 Å². The van der Waals surface area contributed by atoms with E-state index in [0.29, 0.717) is 12.3 Å². The molecule has 0 bridgehead atoms. The van der Waals surface area contributed by atoms with E-state index >= 15 is 0 Å². The molecule has 1 aliphatic heterocycles. The minimum Gasteiger partial charge on any atom is -0.497 e. The van der Waals surface area contributed by atoms with Crippen LogP contribution >= 0.6 is 32.9 Å². The van der Waals surface area contributed by atoms with Gasteiger partial charge in [0.1, 0.15) is 9.57 Å². The van der Waals surface area contributed by atoms with Crippen LogP contribution < -0.4 is 9.64 Å². The monoisotopic (exact) mass is 379 g/mol. The third-order valence-corrected chi connectivity index (χ3v) is 7.62. The van der Waals surface area contributed by atoms with Gasteiger partial charge in [0.2, 0.25) is 5.91 Å². The summed E-state index contributed by atoms with van der Waals surface area (Å²) in [6.45, 7) is 8.36. The topological polar surface area (TPSA) is 29.5 Å². The van der Waals surface area contributed by atoms with Gasteiger partial charge in [-0.3, -0.25) is 4.79 Å². The summed E-state index contributed by atoms with van der Waals surface area (Å²) in [4.78, 5) is 16.1. The fourth-order valence-electron chi connectivity index (χ4n) is 3.22. The van der Waals surface area contributed by atoms with Crippen molar-refractivity contribution in [2.45, 2.75) is 39.7 Å². The van der Waals surface area contributed by atoms with Gasteiger partial charge in [0.15, 0.2) is 0 Å². The van der Waals surface area contributed by atoms with Gasteiger partial charge in [-0.05, 0) is 38.0 Å². The molecular weight excluding hydrogens is 358 g/mol. The highest BCUT2D eigenvalue weighted by molar-refractivity contribution is 7.80. The van der Waals surface area contributed by atoms with E-state index in [1.807, 2.05) is 23.1 Å². The Bertz CT molecular complexity index is 848. The standard InChI is InChI=1S/C18H21NO2S3/c1-10(2)8-14(20)19-13-7-6-11(21-5)9-12(13)15-16(18(19,3)4)23-24-17(15)22/h6-7,9-10H,8H2,1-5H3. The lowest BCUT2D eigenvalue weighted by Gasteiger charge is -2.43. The number of anilines is 1. The van der Waals surface area contributed by atoms with Crippen LogP contribution in [-0.2, 0) is 10.3 Å². The molecule has 1 amide bonds. The zero-order valence-electron chi connectivity index (χ0n) is 14.5. The van der Waals surface area contributed by atoms with E-state index < -0.39 is 5.54 Å². The van der Waals surface area contributed by atoms with Crippen molar-refractivity contribution in [3.8, 4) is 16.9 Å². The first kappa shape index (κ1) is 17.6. The molecule has 6 heteroatoms. The molecule has 0 unspecified atom stereocenters. The summed E-state index contributed by atoms with van der Waals surface area (Å²) in [5.74, 6) is 1.25. The molecule has 0 radical (unpaired) electrons. The maximum Gasteiger partial charge on any atom is 0.228 e. The number of amides is 1. The molecule has 0 fully saturated rings. The molecule has 1 aromatic carbocycles. The number of benzene rings is 1. The summed E-state index contributed by atoms with van der Waals surface area (Å²) < 4.78 is 6.28. The van der Waals surface area contributed by atoms with Crippen LogP contribution in [0.2, 0.25) is 0 Å². The number of hydrogen-bond acceptors (Lipinski definition) is 5. The Morgan fingerprint density at radius 2 is 2.04 bits per heavy atom. The highest BCUT2D eigenvalue weighted by Crippen LogP contribution is 2.53. The Kier molecular flexibility index (Phi) is 4.57. The van der Waals surface area contributed by atoms with Gasteiger partial charge in [-0.25, -0.2) is 0 Å². The molecule has 2 heterocycles. The van der Waals surface area contributed by atoms with E-state index in [-0.39, 0.29) is 5.91 Å². The SMILES string of the molecule is COc1ccc2c(c1)-c1c(ssc1=S)C(C)(C)N2C(=O)CC(C)C. The summed E-state index contributed by atoms with van der Waals surface area (Å²) in [5.41, 5.74) is 2.62. The van der Waals surface area contributed by atoms with Gasteiger partial charge in [0.05, 0.1) is 23.2 Å². The molecule has 3 rings (SSSR count). The minimum absolute atomic E-state index is 0.149. The van der Waals surface area contributed by atoms with Gasteiger partial charge in [-0.2, -0.15) is 0 Å². The van der Waals surface area contributed by atoms with Crippen molar-refractivity contribution in [1.82, 2.24) is 0 Å². The van der Waals surface area contributed by atoms with Crippen LogP contribution in [0.25, 0.3) is 11.1 Å². The largest absolute Gasteiger partial charge is 0.497 e. The summed E-state index contributed by atoms with van der Waals surface area (Å²) in [5, 5.41) is 0. The third-order valence-electron chi connectivity index (χ3n) is 4.29. The van der Waals surface area contributed by atoms with Crippen LogP contribution in [0.3, 0.4) is 0 Å². The van der Waals surface area contributed by atoms with Crippen LogP contribution in [-0.4, -0.2) is 13.0 Å². The molecular formula is C18H21NO2S3. The predicted octanol–water partition coefficient (Wildman–Crippen LogP) is 5.84. The lowest BCUT2D eigenvalue weighted by atomic mass is 9.86. The molecule has 0 atom stereocenters. The average molecular weight is 380 g/mol. The smallest absolute Gasteiger partial charge is 0.228 e. The normalized spacial score (nSPS) is 15.2. The molecule has 0 saturated carbocycles. The van der Waals surface area contributed by atoms with Crippen LogP contribution in [0, 0.1) is 9.74 Å². The molecule has 0 spiro atoms. The number of fused-ring (bicyclic) bond motifs is 3. The predicted molar refractivity (Wildman–Crippen MR) is 105 cm³/mol. The van der Waals surface area contributed by atoms with E-state index in [2.05, 4.69) is 27.7 Å². The lowest BCUT2D eigenvalue weighted by molar-refractivity contribution is -0.120. The fourth-order valence-corrected chi connectivity index (χ4v) is 6.50. The summed E-state index contributed by atoms with van der Waals surface area (Å²) in [6, 6.07) is 5.89. The number of ether oxygens (including phenoxy) is 1. The van der Waals surface area contributed by atoms with Crippen LogP contribution in [0.5, 0.6) is 5.75 Å². The zero-order chi connectivity index (χ0) is 17.6. The summed E-state index contributed by atoms with van der Waals surface area (Å²) in [6.07, 6.45) is 0.528. The summed E-state index contributed by atoms with van der Waals surface area (Å²) >= 11 is 5.59. The van der Waals surface area contributed by atoms with E-state index in [9.17, 15) is 4.79 Å². The average Bonchev–Trinajstić information content (AvgIpc) is 2.89. The Balaban J connectivity index is 2.27. The van der Waals surface area contributed by atoms with Crippen LogP contribution in [0.4, 0.5) is 5.69 Å². The molecule has 128 valence electrons. The second-order valence-electron chi connectivity index (χ2n) is 6.93. The van der Waals surface area contributed by atoms with Crippen molar-refractivity contribution in [3.05, 3.63) is 26.9 Å². The zero-order valence-corrected chi connectivity index (χ0v) is 17.0. The molecule has 1 aromatic heterocycles. The Morgan fingerprint density at radius 1 is 1.33 bits per heavy atom. The van der Waals surface area contributed by atoms with Crippen molar-refractivity contribution in [1.29, 1.82) is 0 Å². The first-order valence-corrected chi connectivity index (χ1v) is 10.5. The summed E-state index contributed by atoms with van der Waals surface area (Å²) in [7, 11) is 4.94.